The van der Waals surface area contributed by atoms with E-state index in [1.54, 1.807) is 43.1 Å². The third-order valence-corrected chi connectivity index (χ3v) is 3.15. The lowest BCUT2D eigenvalue weighted by Crippen LogP contribution is -2.21. The third kappa shape index (κ3) is 2.47. The third-order valence-electron chi connectivity index (χ3n) is 3.15. The summed E-state index contributed by atoms with van der Waals surface area (Å²) in [5, 5.41) is 7.71. The van der Waals surface area contributed by atoms with Crippen molar-refractivity contribution < 1.29 is 4.39 Å². The van der Waals surface area contributed by atoms with Gasteiger partial charge in [-0.1, -0.05) is 12.1 Å². The zero-order chi connectivity index (χ0) is 14.9. The van der Waals surface area contributed by atoms with E-state index in [0.29, 0.717) is 22.6 Å². The number of anilines is 2. The predicted molar refractivity (Wildman–Crippen MR) is 79.2 cm³/mol. The molecule has 5 heteroatoms. The number of hydrogen-bond acceptors (Lipinski definition) is 3. The number of nitrogens with two attached hydrogens (primary N) is 1. The molecule has 2 rings (SSSR count). The van der Waals surface area contributed by atoms with Crippen LogP contribution in [0.2, 0.25) is 0 Å². The lowest BCUT2D eigenvalue weighted by Gasteiger charge is -2.24. The minimum Gasteiger partial charge on any atom is -0.384 e. The van der Waals surface area contributed by atoms with Crippen LogP contribution in [0.5, 0.6) is 0 Å². The summed E-state index contributed by atoms with van der Waals surface area (Å²) in [6, 6.07) is 8.30. The van der Waals surface area contributed by atoms with Gasteiger partial charge in [-0.15, -0.1) is 0 Å². The van der Waals surface area contributed by atoms with E-state index in [-0.39, 0.29) is 11.7 Å². The number of benzene rings is 1. The van der Waals surface area contributed by atoms with Crippen molar-refractivity contribution in [1.82, 2.24) is 4.98 Å². The molecule has 0 unspecified atom stereocenters. The van der Waals surface area contributed by atoms with E-state index in [1.807, 2.05) is 6.92 Å². The second kappa shape index (κ2) is 5.28. The summed E-state index contributed by atoms with van der Waals surface area (Å²) >= 11 is 0. The Balaban J connectivity index is 2.63. The summed E-state index contributed by atoms with van der Waals surface area (Å²) in [7, 11) is 1.75. The van der Waals surface area contributed by atoms with Gasteiger partial charge >= 0.3 is 0 Å². The lowest BCUT2D eigenvalue weighted by atomic mass is 10.1. The fourth-order valence-electron chi connectivity index (χ4n) is 2.26. The Hall–Kier alpha value is -2.43. The van der Waals surface area contributed by atoms with Gasteiger partial charge in [-0.2, -0.15) is 0 Å². The van der Waals surface area contributed by atoms with Gasteiger partial charge < -0.3 is 10.6 Å². The van der Waals surface area contributed by atoms with Crippen LogP contribution in [-0.2, 0) is 0 Å². The van der Waals surface area contributed by atoms with Crippen molar-refractivity contribution in [2.45, 2.75) is 13.8 Å². The van der Waals surface area contributed by atoms with Crippen LogP contribution < -0.4 is 10.6 Å². The highest BCUT2D eigenvalue weighted by Gasteiger charge is 2.17. The highest BCUT2D eigenvalue weighted by molar-refractivity contribution is 6.02. The van der Waals surface area contributed by atoms with Crippen LogP contribution in [-0.4, -0.2) is 17.9 Å². The molecule has 0 fully saturated rings. The first-order valence-corrected chi connectivity index (χ1v) is 6.22. The molecule has 0 aliphatic rings. The Morgan fingerprint density at radius 2 is 1.90 bits per heavy atom. The molecule has 4 nitrogen and oxygen atoms in total. The molecule has 0 spiro atoms. The molecule has 104 valence electrons. The van der Waals surface area contributed by atoms with Gasteiger partial charge in [0.2, 0.25) is 0 Å². The van der Waals surface area contributed by atoms with E-state index < -0.39 is 0 Å². The molecule has 0 bridgehead atoms. The predicted octanol–water partition coefficient (Wildman–Crippen LogP) is 2.89. The number of para-hydroxylation sites is 1. The van der Waals surface area contributed by atoms with E-state index in [2.05, 4.69) is 4.98 Å². The van der Waals surface area contributed by atoms with Crippen molar-refractivity contribution in [1.29, 1.82) is 5.41 Å². The number of halogens is 1. The Bertz CT molecular complexity index is 667. The molecule has 0 aliphatic carbocycles. The molecular formula is C15H17FN4. The standard InChI is InChI=1S/C15H17FN4/c1-9-8-13(14(15(17)18)10(2)19-9)20(3)12-7-5-4-6-11(12)16/h4-8H,1-3H3,(H3,17,18). The van der Waals surface area contributed by atoms with Crippen LogP contribution in [0.1, 0.15) is 17.0 Å². The highest BCUT2D eigenvalue weighted by atomic mass is 19.1. The van der Waals surface area contributed by atoms with Crippen LogP contribution in [0.4, 0.5) is 15.8 Å². The van der Waals surface area contributed by atoms with Crippen molar-refractivity contribution >= 4 is 17.2 Å². The first-order chi connectivity index (χ1) is 9.41. The van der Waals surface area contributed by atoms with Crippen LogP contribution in [0, 0.1) is 25.1 Å². The maximum Gasteiger partial charge on any atom is 0.146 e. The lowest BCUT2D eigenvalue weighted by molar-refractivity contribution is 0.627. The largest absolute Gasteiger partial charge is 0.384 e. The number of aryl methyl sites for hydroxylation is 2. The number of nitrogens with one attached hydrogen (secondary N) is 1. The zero-order valence-electron chi connectivity index (χ0n) is 11.7. The Kier molecular flexibility index (Phi) is 3.70. The number of nitrogen functional groups attached to an aromatic ring is 1. The monoisotopic (exact) mass is 272 g/mol. The van der Waals surface area contributed by atoms with Gasteiger partial charge in [-0.25, -0.2) is 4.39 Å². The summed E-state index contributed by atoms with van der Waals surface area (Å²) in [6.07, 6.45) is 0. The first kappa shape index (κ1) is 14.0. The van der Waals surface area contributed by atoms with Crippen LogP contribution in [0.25, 0.3) is 0 Å². The Labute approximate surface area is 117 Å². The average molecular weight is 272 g/mol. The van der Waals surface area contributed by atoms with Crippen LogP contribution in [0.15, 0.2) is 30.3 Å². The smallest absolute Gasteiger partial charge is 0.146 e. The summed E-state index contributed by atoms with van der Waals surface area (Å²) in [5.74, 6) is -0.398. The summed E-state index contributed by atoms with van der Waals surface area (Å²) in [4.78, 5) is 6.00. The van der Waals surface area contributed by atoms with Crippen LogP contribution >= 0.6 is 0 Å². The normalized spacial score (nSPS) is 10.4. The molecule has 2 aromatic rings. The fraction of sp³-hybridized carbons (Fsp3) is 0.200. The number of hydrogen-bond donors (Lipinski definition) is 2. The van der Waals surface area contributed by atoms with E-state index in [9.17, 15) is 4.39 Å². The minimum atomic E-state index is -0.323. The van der Waals surface area contributed by atoms with E-state index in [0.717, 1.165) is 5.69 Å². The topological polar surface area (TPSA) is 66.0 Å². The number of aromatic nitrogens is 1. The quantitative estimate of drug-likeness (QED) is 0.667. The van der Waals surface area contributed by atoms with Gasteiger partial charge in [0.25, 0.3) is 0 Å². The van der Waals surface area contributed by atoms with Gasteiger partial charge in [0, 0.05) is 12.7 Å². The zero-order valence-corrected chi connectivity index (χ0v) is 11.7. The van der Waals surface area contributed by atoms with Gasteiger partial charge in [-0.05, 0) is 32.0 Å². The molecule has 0 saturated carbocycles. The number of amidine groups is 1. The molecule has 20 heavy (non-hydrogen) atoms. The maximum absolute atomic E-state index is 13.9. The van der Waals surface area contributed by atoms with Gasteiger partial charge in [0.15, 0.2) is 0 Å². The van der Waals surface area contributed by atoms with Crippen molar-refractivity contribution in [3.05, 3.63) is 53.1 Å². The second-order valence-corrected chi connectivity index (χ2v) is 4.67. The highest BCUT2D eigenvalue weighted by Crippen LogP contribution is 2.30. The van der Waals surface area contributed by atoms with Gasteiger partial charge in [-0.3, -0.25) is 10.4 Å². The van der Waals surface area contributed by atoms with Crippen molar-refractivity contribution in [2.24, 2.45) is 5.73 Å². The van der Waals surface area contributed by atoms with Crippen molar-refractivity contribution in [3.8, 4) is 0 Å². The SMILES string of the molecule is Cc1cc(N(C)c2ccccc2F)c(C(=N)N)c(C)n1. The number of pyridine rings is 1. The fourth-order valence-corrected chi connectivity index (χ4v) is 2.26. The molecule has 0 radical (unpaired) electrons. The van der Waals surface area contributed by atoms with E-state index in [4.69, 9.17) is 11.1 Å². The first-order valence-electron chi connectivity index (χ1n) is 6.22. The molecule has 3 N–H and O–H groups in total. The molecule has 0 amide bonds. The molecule has 0 aliphatic heterocycles. The second-order valence-electron chi connectivity index (χ2n) is 4.67. The summed E-state index contributed by atoms with van der Waals surface area (Å²) < 4.78 is 13.9. The van der Waals surface area contributed by atoms with Crippen LogP contribution in [0.3, 0.4) is 0 Å². The number of nitrogens with zero attached hydrogens (tertiary/aromatic N) is 2. The van der Waals surface area contributed by atoms with Gasteiger partial charge in [0.1, 0.15) is 11.7 Å². The van der Waals surface area contributed by atoms with E-state index >= 15 is 0 Å². The van der Waals surface area contributed by atoms with Crippen molar-refractivity contribution in [3.63, 3.8) is 0 Å². The molecule has 1 aromatic heterocycles. The Morgan fingerprint density at radius 3 is 2.50 bits per heavy atom. The van der Waals surface area contributed by atoms with Crippen molar-refractivity contribution in [2.75, 3.05) is 11.9 Å². The molecule has 0 atom stereocenters. The average Bonchev–Trinajstić information content (AvgIpc) is 2.37. The summed E-state index contributed by atoms with van der Waals surface area (Å²) in [5.41, 5.74) is 8.74. The van der Waals surface area contributed by atoms with Gasteiger partial charge in [0.05, 0.1) is 22.6 Å². The minimum absolute atomic E-state index is 0.0758. The Morgan fingerprint density at radius 1 is 1.25 bits per heavy atom. The summed E-state index contributed by atoms with van der Waals surface area (Å²) in [6.45, 7) is 3.65. The maximum atomic E-state index is 13.9. The number of rotatable bonds is 3. The molecule has 1 heterocycles. The van der Waals surface area contributed by atoms with E-state index in [1.165, 1.54) is 6.07 Å². The molecule has 0 saturated heterocycles. The molecule has 1 aromatic carbocycles. The molecular weight excluding hydrogens is 255 g/mol.